The summed E-state index contributed by atoms with van der Waals surface area (Å²) in [5.74, 6) is 1.38. The quantitative estimate of drug-likeness (QED) is 0.746. The molecule has 0 unspecified atom stereocenters. The van der Waals surface area contributed by atoms with Gasteiger partial charge in [0.15, 0.2) is 11.5 Å². The number of fused-ring (bicyclic) bond motifs is 1. The van der Waals surface area contributed by atoms with Gasteiger partial charge in [-0.3, -0.25) is 4.40 Å². The average molecular weight is 283 g/mol. The highest BCUT2D eigenvalue weighted by molar-refractivity contribution is 5.71. The maximum atomic E-state index is 5.88. The van der Waals surface area contributed by atoms with E-state index < -0.39 is 0 Å². The zero-order valence-electron chi connectivity index (χ0n) is 12.3. The normalized spacial score (nSPS) is 11.0. The van der Waals surface area contributed by atoms with Crippen molar-refractivity contribution >= 4 is 11.3 Å². The first-order chi connectivity index (χ1) is 10.2. The van der Waals surface area contributed by atoms with Crippen LogP contribution in [-0.2, 0) is 6.42 Å². The highest BCUT2D eigenvalue weighted by Gasteiger charge is 2.16. The molecule has 1 aromatic carbocycles. The Labute approximate surface area is 122 Å². The fraction of sp³-hybridized carbons (Fsp3) is 0.267. The number of aromatic nitrogens is 4. The predicted octanol–water partition coefficient (Wildman–Crippen LogP) is 2.25. The Bertz CT molecular complexity index is 809. The first-order valence-electron chi connectivity index (χ1n) is 6.78. The minimum absolute atomic E-state index is 0.651. The first-order valence-corrected chi connectivity index (χ1v) is 6.78. The maximum Gasteiger partial charge on any atom is 0.173 e. The van der Waals surface area contributed by atoms with E-state index in [4.69, 9.17) is 10.5 Å². The van der Waals surface area contributed by atoms with Gasteiger partial charge in [-0.15, -0.1) is 10.2 Å². The number of nitrogens with two attached hydrogens (primary N) is 1. The van der Waals surface area contributed by atoms with Crippen molar-refractivity contribution in [1.82, 2.24) is 19.6 Å². The highest BCUT2D eigenvalue weighted by atomic mass is 16.5. The van der Waals surface area contributed by atoms with Gasteiger partial charge in [0.1, 0.15) is 12.1 Å². The molecule has 21 heavy (non-hydrogen) atoms. The van der Waals surface area contributed by atoms with Gasteiger partial charge in [0.25, 0.3) is 0 Å². The lowest BCUT2D eigenvalue weighted by Crippen LogP contribution is -2.00. The van der Waals surface area contributed by atoms with Gasteiger partial charge in [-0.1, -0.05) is 6.92 Å². The standard InChI is InChI=1S/C15H17N5O/c1-4-11-9(2)17-8-20-14(11)18-19-15(20)12-7-10(16)5-6-13(12)21-3/h5-8H,4,16H2,1-3H3. The topological polar surface area (TPSA) is 78.3 Å². The zero-order valence-corrected chi connectivity index (χ0v) is 12.3. The number of methoxy groups -OCH3 is 1. The van der Waals surface area contributed by atoms with E-state index in [0.717, 1.165) is 28.9 Å². The van der Waals surface area contributed by atoms with Crippen LogP contribution in [0.2, 0.25) is 0 Å². The molecule has 6 heteroatoms. The van der Waals surface area contributed by atoms with Gasteiger partial charge in [0.2, 0.25) is 0 Å². The van der Waals surface area contributed by atoms with Gasteiger partial charge < -0.3 is 10.5 Å². The number of ether oxygens (including phenoxy) is 1. The van der Waals surface area contributed by atoms with E-state index in [-0.39, 0.29) is 0 Å². The molecule has 0 spiro atoms. The first kappa shape index (κ1) is 13.4. The number of hydrogen-bond donors (Lipinski definition) is 1. The molecule has 108 valence electrons. The summed E-state index contributed by atoms with van der Waals surface area (Å²) in [5.41, 5.74) is 10.2. The minimum Gasteiger partial charge on any atom is -0.496 e. The fourth-order valence-electron chi connectivity index (χ4n) is 2.49. The molecule has 0 radical (unpaired) electrons. The smallest absolute Gasteiger partial charge is 0.173 e. The molecule has 0 aliphatic carbocycles. The molecule has 0 aliphatic rings. The Morgan fingerprint density at radius 2 is 2.10 bits per heavy atom. The molecule has 0 saturated heterocycles. The van der Waals surface area contributed by atoms with Crippen molar-refractivity contribution in [2.75, 3.05) is 12.8 Å². The number of hydrogen-bond acceptors (Lipinski definition) is 5. The van der Waals surface area contributed by atoms with Crippen molar-refractivity contribution < 1.29 is 4.74 Å². The summed E-state index contributed by atoms with van der Waals surface area (Å²) in [6.07, 6.45) is 2.59. The van der Waals surface area contributed by atoms with Crippen molar-refractivity contribution in [3.05, 3.63) is 35.8 Å². The summed E-state index contributed by atoms with van der Waals surface area (Å²) >= 11 is 0. The third-order valence-electron chi connectivity index (χ3n) is 3.59. The molecular formula is C15H17N5O. The molecule has 3 rings (SSSR count). The predicted molar refractivity (Wildman–Crippen MR) is 81.3 cm³/mol. The van der Waals surface area contributed by atoms with Crippen LogP contribution in [0.4, 0.5) is 5.69 Å². The average Bonchev–Trinajstić information content (AvgIpc) is 2.91. The fourth-order valence-corrected chi connectivity index (χ4v) is 2.49. The van der Waals surface area contributed by atoms with E-state index in [1.54, 1.807) is 19.5 Å². The molecule has 0 fully saturated rings. The van der Waals surface area contributed by atoms with Gasteiger partial charge in [-0.05, 0) is 31.5 Å². The third kappa shape index (κ3) is 2.08. The molecule has 0 saturated carbocycles. The molecule has 0 atom stereocenters. The van der Waals surface area contributed by atoms with Crippen LogP contribution in [0.25, 0.3) is 17.0 Å². The van der Waals surface area contributed by atoms with Gasteiger partial charge >= 0.3 is 0 Å². The maximum absolute atomic E-state index is 5.88. The summed E-state index contributed by atoms with van der Waals surface area (Å²) in [6.45, 7) is 4.06. The lowest BCUT2D eigenvalue weighted by molar-refractivity contribution is 0.416. The van der Waals surface area contributed by atoms with Gasteiger partial charge in [-0.25, -0.2) is 4.98 Å². The number of rotatable bonds is 3. The number of nitrogens with zero attached hydrogens (tertiary/aromatic N) is 4. The van der Waals surface area contributed by atoms with Crippen molar-refractivity contribution in [2.45, 2.75) is 20.3 Å². The van der Waals surface area contributed by atoms with Crippen LogP contribution in [0, 0.1) is 6.92 Å². The van der Waals surface area contributed by atoms with Crippen LogP contribution in [0.3, 0.4) is 0 Å². The van der Waals surface area contributed by atoms with E-state index in [0.29, 0.717) is 17.3 Å². The number of anilines is 1. The Morgan fingerprint density at radius 1 is 1.29 bits per heavy atom. The second-order valence-electron chi connectivity index (χ2n) is 4.84. The third-order valence-corrected chi connectivity index (χ3v) is 3.59. The molecule has 2 N–H and O–H groups in total. The van der Waals surface area contributed by atoms with Crippen LogP contribution in [0.15, 0.2) is 24.5 Å². The summed E-state index contributed by atoms with van der Waals surface area (Å²) in [4.78, 5) is 4.43. The van der Waals surface area contributed by atoms with Gasteiger partial charge in [-0.2, -0.15) is 0 Å². The van der Waals surface area contributed by atoms with Crippen LogP contribution in [-0.4, -0.2) is 26.7 Å². The van der Waals surface area contributed by atoms with Crippen molar-refractivity contribution in [2.24, 2.45) is 0 Å². The SMILES string of the molecule is CCc1c(C)ncn2c(-c3cc(N)ccc3OC)nnc12. The second-order valence-corrected chi connectivity index (χ2v) is 4.84. The lowest BCUT2D eigenvalue weighted by Gasteiger charge is -2.09. The highest BCUT2D eigenvalue weighted by Crippen LogP contribution is 2.31. The van der Waals surface area contributed by atoms with E-state index in [9.17, 15) is 0 Å². The molecule has 0 amide bonds. The van der Waals surface area contributed by atoms with Crippen molar-refractivity contribution in [3.8, 4) is 17.1 Å². The monoisotopic (exact) mass is 283 g/mol. The van der Waals surface area contributed by atoms with Crippen LogP contribution < -0.4 is 10.5 Å². The van der Waals surface area contributed by atoms with Crippen LogP contribution in [0.5, 0.6) is 5.75 Å². The van der Waals surface area contributed by atoms with E-state index in [2.05, 4.69) is 22.1 Å². The molecule has 2 aromatic heterocycles. The molecule has 6 nitrogen and oxygen atoms in total. The number of nitrogen functional groups attached to an aromatic ring is 1. The largest absolute Gasteiger partial charge is 0.496 e. The van der Waals surface area contributed by atoms with Crippen molar-refractivity contribution in [3.63, 3.8) is 0 Å². The molecule has 0 bridgehead atoms. The Hall–Kier alpha value is -2.63. The molecular weight excluding hydrogens is 266 g/mol. The zero-order chi connectivity index (χ0) is 15.0. The van der Waals surface area contributed by atoms with Gasteiger partial charge in [0.05, 0.1) is 12.7 Å². The Balaban J connectivity index is 2.30. The minimum atomic E-state index is 0.651. The summed E-state index contributed by atoms with van der Waals surface area (Å²) in [7, 11) is 1.62. The summed E-state index contributed by atoms with van der Waals surface area (Å²) in [5, 5.41) is 8.61. The molecule has 2 heterocycles. The summed E-state index contributed by atoms with van der Waals surface area (Å²) in [6, 6.07) is 5.46. The van der Waals surface area contributed by atoms with E-state index >= 15 is 0 Å². The number of benzene rings is 1. The van der Waals surface area contributed by atoms with E-state index in [1.165, 1.54) is 0 Å². The van der Waals surface area contributed by atoms with Crippen LogP contribution in [0.1, 0.15) is 18.2 Å². The van der Waals surface area contributed by atoms with E-state index in [1.807, 2.05) is 23.5 Å². The number of aryl methyl sites for hydroxylation is 2. The molecule has 3 aromatic rings. The Morgan fingerprint density at radius 3 is 2.81 bits per heavy atom. The molecule has 0 aliphatic heterocycles. The van der Waals surface area contributed by atoms with Gasteiger partial charge in [0, 0.05) is 16.9 Å². The lowest BCUT2D eigenvalue weighted by atomic mass is 10.1. The van der Waals surface area contributed by atoms with Crippen LogP contribution >= 0.6 is 0 Å². The Kier molecular flexibility index (Phi) is 3.21. The summed E-state index contributed by atoms with van der Waals surface area (Å²) < 4.78 is 7.27. The van der Waals surface area contributed by atoms with Crippen molar-refractivity contribution in [1.29, 1.82) is 0 Å². The second kappa shape index (κ2) is 5.05.